The Morgan fingerprint density at radius 1 is 1.09 bits per heavy atom. The summed E-state index contributed by atoms with van der Waals surface area (Å²) in [6, 6.07) is 12.4. The summed E-state index contributed by atoms with van der Waals surface area (Å²) in [5.41, 5.74) is 4.15. The molecule has 3 rings (SSSR count). The fourth-order valence-electron chi connectivity index (χ4n) is 4.16. The third kappa shape index (κ3) is 5.64. The van der Waals surface area contributed by atoms with Crippen LogP contribution in [0.1, 0.15) is 36.6 Å². The van der Waals surface area contributed by atoms with Crippen molar-refractivity contribution in [2.75, 3.05) is 6.54 Å². The molecule has 4 atom stereocenters. The third-order valence-corrected chi connectivity index (χ3v) is 5.75. The number of aliphatic hydroxyl groups is 1. The summed E-state index contributed by atoms with van der Waals surface area (Å²) in [4.78, 5) is 26.0. The van der Waals surface area contributed by atoms with Crippen LogP contribution in [0.15, 0.2) is 48.5 Å². The molecule has 0 radical (unpaired) electrons. The van der Waals surface area contributed by atoms with E-state index in [-0.39, 0.29) is 18.1 Å². The molecule has 32 heavy (non-hydrogen) atoms. The molecule has 0 fully saturated rings. The molecule has 0 spiro atoms. The second kappa shape index (κ2) is 10.6. The van der Waals surface area contributed by atoms with Crippen molar-refractivity contribution in [2.24, 2.45) is 11.8 Å². The minimum Gasteiger partial charge on any atom is -0.508 e. The first kappa shape index (κ1) is 23.7. The van der Waals surface area contributed by atoms with Crippen LogP contribution in [0.2, 0.25) is 0 Å². The van der Waals surface area contributed by atoms with Crippen LogP contribution in [0.25, 0.3) is 0 Å². The molecule has 1 unspecified atom stereocenters. The third-order valence-electron chi connectivity index (χ3n) is 5.75. The number of aliphatic hydroxyl groups excluding tert-OH is 1. The number of hydroxylamine groups is 1. The summed E-state index contributed by atoms with van der Waals surface area (Å²) in [5.74, 6) is -1.79. The molecule has 0 saturated heterocycles. The van der Waals surface area contributed by atoms with Crippen LogP contribution in [0.5, 0.6) is 5.75 Å². The van der Waals surface area contributed by atoms with E-state index in [1.807, 2.05) is 38.1 Å². The predicted octanol–water partition coefficient (Wildman–Crippen LogP) is 1.44. The van der Waals surface area contributed by atoms with Crippen molar-refractivity contribution in [1.29, 1.82) is 0 Å². The molecule has 2 amide bonds. The van der Waals surface area contributed by atoms with Crippen molar-refractivity contribution in [1.82, 2.24) is 16.1 Å². The Kier molecular flexibility index (Phi) is 7.84. The monoisotopic (exact) mass is 441 g/mol. The number of fused-ring (bicyclic) bond motifs is 1. The number of hydrogen-bond acceptors (Lipinski definition) is 6. The average molecular weight is 442 g/mol. The van der Waals surface area contributed by atoms with Crippen LogP contribution in [0.3, 0.4) is 0 Å². The van der Waals surface area contributed by atoms with Crippen molar-refractivity contribution >= 4 is 11.8 Å². The van der Waals surface area contributed by atoms with Gasteiger partial charge in [0.25, 0.3) is 5.91 Å². The Morgan fingerprint density at radius 3 is 2.53 bits per heavy atom. The Labute approximate surface area is 187 Å². The quantitative estimate of drug-likeness (QED) is 0.258. The van der Waals surface area contributed by atoms with Gasteiger partial charge in [0.1, 0.15) is 11.8 Å². The maximum Gasteiger partial charge on any atom is 0.261 e. The van der Waals surface area contributed by atoms with Crippen LogP contribution in [0.4, 0.5) is 0 Å². The summed E-state index contributed by atoms with van der Waals surface area (Å²) < 4.78 is 0. The molecule has 172 valence electrons. The Hall–Kier alpha value is -2.94. The van der Waals surface area contributed by atoms with Gasteiger partial charge in [0.05, 0.1) is 18.1 Å². The highest BCUT2D eigenvalue weighted by molar-refractivity contribution is 5.90. The summed E-state index contributed by atoms with van der Waals surface area (Å²) in [7, 11) is 0. The van der Waals surface area contributed by atoms with Crippen molar-refractivity contribution in [3.05, 3.63) is 65.2 Å². The number of aromatic hydroxyl groups is 1. The lowest BCUT2D eigenvalue weighted by Crippen LogP contribution is -2.54. The highest BCUT2D eigenvalue weighted by Gasteiger charge is 2.38. The predicted molar refractivity (Wildman–Crippen MR) is 119 cm³/mol. The van der Waals surface area contributed by atoms with Gasteiger partial charge in [-0.25, -0.2) is 5.48 Å². The molecule has 1 aliphatic rings. The zero-order valence-corrected chi connectivity index (χ0v) is 18.3. The van der Waals surface area contributed by atoms with Crippen molar-refractivity contribution in [3.63, 3.8) is 0 Å². The van der Waals surface area contributed by atoms with E-state index in [9.17, 15) is 25.0 Å². The summed E-state index contributed by atoms with van der Waals surface area (Å²) in [6.07, 6.45) is -0.190. The lowest BCUT2D eigenvalue weighted by atomic mass is 9.89. The number of benzene rings is 2. The van der Waals surface area contributed by atoms with E-state index in [4.69, 9.17) is 0 Å². The van der Waals surface area contributed by atoms with Crippen LogP contribution in [-0.4, -0.2) is 45.9 Å². The molecule has 8 heteroatoms. The number of phenolic OH excluding ortho intramolecular Hbond substituents is 1. The van der Waals surface area contributed by atoms with Gasteiger partial charge in [-0.1, -0.05) is 50.2 Å². The molecular formula is C24H31N3O5. The molecule has 2 aromatic carbocycles. The first-order valence-corrected chi connectivity index (χ1v) is 10.8. The number of hydrogen-bond donors (Lipinski definition) is 6. The lowest BCUT2D eigenvalue weighted by Gasteiger charge is -2.29. The van der Waals surface area contributed by atoms with E-state index in [1.165, 1.54) is 12.1 Å². The maximum absolute atomic E-state index is 13.5. The Morgan fingerprint density at radius 2 is 1.84 bits per heavy atom. The minimum absolute atomic E-state index is 0.0556. The van der Waals surface area contributed by atoms with Gasteiger partial charge in [-0.3, -0.25) is 14.8 Å². The van der Waals surface area contributed by atoms with Gasteiger partial charge in [-0.15, -0.1) is 0 Å². The number of rotatable bonds is 9. The lowest BCUT2D eigenvalue weighted by molar-refractivity contribution is -0.138. The van der Waals surface area contributed by atoms with Crippen LogP contribution in [0, 0.1) is 11.8 Å². The molecule has 0 aliphatic heterocycles. The van der Waals surface area contributed by atoms with Gasteiger partial charge in [0.15, 0.2) is 0 Å². The summed E-state index contributed by atoms with van der Waals surface area (Å²) in [5, 5.41) is 35.7. The molecule has 8 nitrogen and oxygen atoms in total. The van der Waals surface area contributed by atoms with Crippen molar-refractivity contribution < 1.29 is 25.0 Å². The average Bonchev–Trinajstić information content (AvgIpc) is 3.07. The van der Waals surface area contributed by atoms with Gasteiger partial charge >= 0.3 is 0 Å². The van der Waals surface area contributed by atoms with Gasteiger partial charge in [-0.05, 0) is 47.7 Å². The largest absolute Gasteiger partial charge is 0.508 e. The molecule has 0 aromatic heterocycles. The van der Waals surface area contributed by atoms with E-state index < -0.39 is 35.9 Å². The molecule has 1 aliphatic carbocycles. The first-order valence-electron chi connectivity index (χ1n) is 10.8. The standard InChI is InChI=1S/C24H31N3O5/c1-14(2)13-25-22(24(31)27-32)19(11-15-6-5-8-17(28)10-15)23(30)26-21-18-9-4-3-7-16(18)12-20(21)29/h3-10,14,19-22,25,28-29,32H,11-13H2,1-2H3,(H,26,30)(H,27,31)/t19-,20-,21+,22?/m1/s1. The van der Waals surface area contributed by atoms with E-state index in [1.54, 1.807) is 17.6 Å². The number of carbonyl (C=O) groups excluding carboxylic acids is 2. The topological polar surface area (TPSA) is 131 Å². The van der Waals surface area contributed by atoms with Gasteiger partial charge < -0.3 is 20.8 Å². The minimum atomic E-state index is -1.02. The van der Waals surface area contributed by atoms with E-state index >= 15 is 0 Å². The molecule has 0 heterocycles. The van der Waals surface area contributed by atoms with Crippen LogP contribution >= 0.6 is 0 Å². The number of phenols is 1. The molecule has 0 saturated carbocycles. The highest BCUT2D eigenvalue weighted by Crippen LogP contribution is 2.32. The smallest absolute Gasteiger partial charge is 0.261 e. The molecule has 2 aromatic rings. The Balaban J connectivity index is 1.89. The first-order chi connectivity index (χ1) is 15.3. The fourth-order valence-corrected chi connectivity index (χ4v) is 4.16. The van der Waals surface area contributed by atoms with Crippen LogP contribution in [-0.2, 0) is 22.4 Å². The van der Waals surface area contributed by atoms with Gasteiger partial charge in [0.2, 0.25) is 5.91 Å². The zero-order valence-electron chi connectivity index (χ0n) is 18.3. The maximum atomic E-state index is 13.5. The molecule has 0 bridgehead atoms. The molecule has 6 N–H and O–H groups in total. The SMILES string of the molecule is CC(C)CNC(C(=O)NO)[C@@H](Cc1cccc(O)c1)C(=O)N[C@H]1c2ccccc2C[C@H]1O. The highest BCUT2D eigenvalue weighted by atomic mass is 16.5. The Bertz CT molecular complexity index is 949. The number of amides is 2. The van der Waals surface area contributed by atoms with E-state index in [0.29, 0.717) is 18.5 Å². The van der Waals surface area contributed by atoms with E-state index in [2.05, 4.69) is 10.6 Å². The second-order valence-electron chi connectivity index (χ2n) is 8.69. The second-order valence-corrected chi connectivity index (χ2v) is 8.69. The number of carbonyl (C=O) groups is 2. The number of nitrogens with one attached hydrogen (secondary N) is 3. The van der Waals surface area contributed by atoms with E-state index in [0.717, 1.165) is 11.1 Å². The van der Waals surface area contributed by atoms with Gasteiger partial charge in [0, 0.05) is 6.42 Å². The summed E-state index contributed by atoms with van der Waals surface area (Å²) in [6.45, 7) is 4.39. The molecular weight excluding hydrogens is 410 g/mol. The van der Waals surface area contributed by atoms with Gasteiger partial charge in [-0.2, -0.15) is 0 Å². The normalized spacial score (nSPS) is 19.3. The van der Waals surface area contributed by atoms with Crippen molar-refractivity contribution in [2.45, 2.75) is 44.9 Å². The zero-order chi connectivity index (χ0) is 23.3. The van der Waals surface area contributed by atoms with Crippen LogP contribution < -0.4 is 16.1 Å². The summed E-state index contributed by atoms with van der Waals surface area (Å²) >= 11 is 0. The van der Waals surface area contributed by atoms with Crippen molar-refractivity contribution in [3.8, 4) is 5.75 Å². The fraction of sp³-hybridized carbons (Fsp3) is 0.417.